The van der Waals surface area contributed by atoms with Crippen LogP contribution in [0.4, 0.5) is 5.69 Å². The number of nitrogens with zero attached hydrogens (tertiary/aromatic N) is 2. The number of anilines is 1. The van der Waals surface area contributed by atoms with Crippen molar-refractivity contribution in [2.24, 2.45) is 0 Å². The number of carbonyl (C=O) groups excluding carboxylic acids is 1. The Labute approximate surface area is 187 Å². The molecule has 1 N–H and O–H groups in total. The van der Waals surface area contributed by atoms with E-state index >= 15 is 0 Å². The number of amides is 1. The van der Waals surface area contributed by atoms with Gasteiger partial charge in [0.25, 0.3) is 0 Å². The van der Waals surface area contributed by atoms with E-state index in [-0.39, 0.29) is 12.5 Å². The SMILES string of the molecule is CCc1ccccc1NC(=O)Cn1c(Cc2ccc(OC)c(OC)c2)nc2ccccc21. The van der Waals surface area contributed by atoms with Crippen LogP contribution in [0.5, 0.6) is 11.5 Å². The molecular formula is C26H27N3O3. The number of benzene rings is 3. The lowest BCUT2D eigenvalue weighted by atomic mass is 10.1. The monoisotopic (exact) mass is 429 g/mol. The minimum absolute atomic E-state index is 0.0809. The summed E-state index contributed by atoms with van der Waals surface area (Å²) in [6.45, 7) is 2.26. The molecule has 164 valence electrons. The van der Waals surface area contributed by atoms with E-state index in [0.29, 0.717) is 17.9 Å². The minimum atomic E-state index is -0.0809. The highest BCUT2D eigenvalue weighted by Crippen LogP contribution is 2.29. The maximum atomic E-state index is 13.0. The Bertz CT molecular complexity index is 1250. The van der Waals surface area contributed by atoms with Gasteiger partial charge in [-0.1, -0.05) is 43.3 Å². The van der Waals surface area contributed by atoms with Gasteiger partial charge in [-0.3, -0.25) is 4.79 Å². The van der Waals surface area contributed by atoms with E-state index in [4.69, 9.17) is 14.5 Å². The van der Waals surface area contributed by atoms with Gasteiger partial charge < -0.3 is 19.4 Å². The largest absolute Gasteiger partial charge is 0.493 e. The molecule has 0 aliphatic heterocycles. The summed E-state index contributed by atoms with van der Waals surface area (Å²) < 4.78 is 12.8. The highest BCUT2D eigenvalue weighted by atomic mass is 16.5. The molecule has 4 rings (SSSR count). The van der Waals surface area contributed by atoms with Crippen LogP contribution in [0.2, 0.25) is 0 Å². The Hall–Kier alpha value is -3.80. The smallest absolute Gasteiger partial charge is 0.244 e. The third-order valence-corrected chi connectivity index (χ3v) is 5.52. The second-order valence-corrected chi connectivity index (χ2v) is 7.53. The summed E-state index contributed by atoms with van der Waals surface area (Å²) in [5.74, 6) is 2.08. The lowest BCUT2D eigenvalue weighted by Crippen LogP contribution is -2.21. The molecule has 6 heteroatoms. The van der Waals surface area contributed by atoms with Gasteiger partial charge in [-0.2, -0.15) is 0 Å². The zero-order valence-electron chi connectivity index (χ0n) is 18.6. The molecule has 0 bridgehead atoms. The van der Waals surface area contributed by atoms with E-state index in [1.165, 1.54) is 0 Å². The quantitative estimate of drug-likeness (QED) is 0.435. The molecule has 1 amide bonds. The van der Waals surface area contributed by atoms with Crippen molar-refractivity contribution in [3.63, 3.8) is 0 Å². The van der Waals surface area contributed by atoms with Gasteiger partial charge in [0.05, 0.1) is 25.3 Å². The van der Waals surface area contributed by atoms with Gasteiger partial charge in [0.15, 0.2) is 11.5 Å². The number of hydrogen-bond donors (Lipinski definition) is 1. The summed E-state index contributed by atoms with van der Waals surface area (Å²) in [6, 6.07) is 21.6. The predicted molar refractivity (Wildman–Crippen MR) is 127 cm³/mol. The molecule has 1 heterocycles. The third-order valence-electron chi connectivity index (χ3n) is 5.52. The van der Waals surface area contributed by atoms with Crippen LogP contribution >= 0.6 is 0 Å². The van der Waals surface area contributed by atoms with E-state index in [9.17, 15) is 4.79 Å². The number of methoxy groups -OCH3 is 2. The Morgan fingerprint density at radius 3 is 2.50 bits per heavy atom. The summed E-state index contributed by atoms with van der Waals surface area (Å²) in [5.41, 5.74) is 4.79. The fourth-order valence-electron chi connectivity index (χ4n) is 3.89. The second-order valence-electron chi connectivity index (χ2n) is 7.53. The van der Waals surface area contributed by atoms with Crippen molar-refractivity contribution < 1.29 is 14.3 Å². The molecule has 0 fully saturated rings. The molecule has 0 aliphatic rings. The normalized spacial score (nSPS) is 10.8. The second kappa shape index (κ2) is 9.56. The lowest BCUT2D eigenvalue weighted by Gasteiger charge is -2.13. The van der Waals surface area contributed by atoms with E-state index in [0.717, 1.165) is 40.1 Å². The number of hydrogen-bond acceptors (Lipinski definition) is 4. The van der Waals surface area contributed by atoms with Gasteiger partial charge in [0.1, 0.15) is 12.4 Å². The molecule has 0 saturated carbocycles. The van der Waals surface area contributed by atoms with Gasteiger partial charge in [-0.25, -0.2) is 4.98 Å². The van der Waals surface area contributed by atoms with Crippen molar-refractivity contribution in [1.82, 2.24) is 9.55 Å². The molecule has 0 unspecified atom stereocenters. The van der Waals surface area contributed by atoms with E-state index in [1.807, 2.05) is 71.3 Å². The fourth-order valence-corrected chi connectivity index (χ4v) is 3.89. The lowest BCUT2D eigenvalue weighted by molar-refractivity contribution is -0.116. The van der Waals surface area contributed by atoms with Gasteiger partial charge in [-0.15, -0.1) is 0 Å². The van der Waals surface area contributed by atoms with Crippen molar-refractivity contribution in [1.29, 1.82) is 0 Å². The van der Waals surface area contributed by atoms with Crippen LogP contribution in [-0.2, 0) is 24.2 Å². The van der Waals surface area contributed by atoms with E-state index < -0.39 is 0 Å². The van der Waals surface area contributed by atoms with Crippen LogP contribution in [0.15, 0.2) is 66.7 Å². The molecule has 0 atom stereocenters. The highest BCUT2D eigenvalue weighted by molar-refractivity contribution is 5.92. The zero-order chi connectivity index (χ0) is 22.5. The summed E-state index contributed by atoms with van der Waals surface area (Å²) in [5, 5.41) is 3.06. The Kier molecular flexibility index (Phi) is 6.40. The number of aryl methyl sites for hydroxylation is 1. The maximum Gasteiger partial charge on any atom is 0.244 e. The third kappa shape index (κ3) is 4.44. The first-order valence-corrected chi connectivity index (χ1v) is 10.7. The molecule has 0 aliphatic carbocycles. The number of para-hydroxylation sites is 3. The standard InChI is InChI=1S/C26H27N3O3/c1-4-19-9-5-6-10-20(19)28-26(30)17-29-22-12-8-7-11-21(22)27-25(29)16-18-13-14-23(31-2)24(15-18)32-3/h5-15H,4,16-17H2,1-3H3,(H,28,30). The molecular weight excluding hydrogens is 402 g/mol. The molecule has 6 nitrogen and oxygen atoms in total. The number of carbonyl (C=O) groups is 1. The summed E-state index contributed by atoms with van der Waals surface area (Å²) in [6.07, 6.45) is 1.42. The van der Waals surface area contributed by atoms with Crippen LogP contribution < -0.4 is 14.8 Å². The maximum absolute atomic E-state index is 13.0. The van der Waals surface area contributed by atoms with Crippen molar-refractivity contribution in [3.8, 4) is 11.5 Å². The van der Waals surface area contributed by atoms with Crippen LogP contribution in [0.3, 0.4) is 0 Å². The van der Waals surface area contributed by atoms with Gasteiger partial charge in [-0.05, 0) is 47.9 Å². The Morgan fingerprint density at radius 2 is 1.72 bits per heavy atom. The fraction of sp³-hybridized carbons (Fsp3) is 0.231. The van der Waals surface area contributed by atoms with Gasteiger partial charge in [0.2, 0.25) is 5.91 Å². The number of aromatic nitrogens is 2. The summed E-state index contributed by atoms with van der Waals surface area (Å²) in [7, 11) is 3.24. The average molecular weight is 430 g/mol. The number of nitrogens with one attached hydrogen (secondary N) is 1. The van der Waals surface area contributed by atoms with Crippen LogP contribution in [-0.4, -0.2) is 29.7 Å². The van der Waals surface area contributed by atoms with Crippen molar-refractivity contribution in [3.05, 3.63) is 83.7 Å². The number of ether oxygens (including phenoxy) is 2. The Balaban J connectivity index is 1.64. The molecule has 0 radical (unpaired) electrons. The van der Waals surface area contributed by atoms with Crippen molar-refractivity contribution >= 4 is 22.6 Å². The van der Waals surface area contributed by atoms with E-state index in [2.05, 4.69) is 12.2 Å². The molecule has 0 spiro atoms. The van der Waals surface area contributed by atoms with Crippen LogP contribution in [0, 0.1) is 0 Å². The Morgan fingerprint density at radius 1 is 0.969 bits per heavy atom. The summed E-state index contributed by atoms with van der Waals surface area (Å²) in [4.78, 5) is 17.8. The van der Waals surface area contributed by atoms with Crippen LogP contribution in [0.1, 0.15) is 23.9 Å². The van der Waals surface area contributed by atoms with Gasteiger partial charge >= 0.3 is 0 Å². The topological polar surface area (TPSA) is 65.4 Å². The van der Waals surface area contributed by atoms with Crippen LogP contribution in [0.25, 0.3) is 11.0 Å². The molecule has 3 aromatic carbocycles. The van der Waals surface area contributed by atoms with Crippen molar-refractivity contribution in [2.75, 3.05) is 19.5 Å². The number of rotatable bonds is 8. The summed E-state index contributed by atoms with van der Waals surface area (Å²) >= 11 is 0. The van der Waals surface area contributed by atoms with Gasteiger partial charge in [0, 0.05) is 12.1 Å². The van der Waals surface area contributed by atoms with Crippen molar-refractivity contribution in [2.45, 2.75) is 26.3 Å². The highest BCUT2D eigenvalue weighted by Gasteiger charge is 2.16. The number of fused-ring (bicyclic) bond motifs is 1. The molecule has 32 heavy (non-hydrogen) atoms. The minimum Gasteiger partial charge on any atom is -0.493 e. The first-order valence-electron chi connectivity index (χ1n) is 10.7. The average Bonchev–Trinajstić information content (AvgIpc) is 3.16. The molecule has 4 aromatic rings. The first-order chi connectivity index (χ1) is 15.6. The number of imidazole rings is 1. The van der Waals surface area contributed by atoms with E-state index in [1.54, 1.807) is 14.2 Å². The first kappa shape index (κ1) is 21.4. The molecule has 0 saturated heterocycles. The molecule has 1 aromatic heterocycles. The zero-order valence-corrected chi connectivity index (χ0v) is 18.6. The predicted octanol–water partition coefficient (Wildman–Crippen LogP) is 4.85.